The van der Waals surface area contributed by atoms with Gasteiger partial charge in [-0.2, -0.15) is 0 Å². The summed E-state index contributed by atoms with van der Waals surface area (Å²) in [4.78, 5) is 25.3. The van der Waals surface area contributed by atoms with E-state index in [4.69, 9.17) is 11.6 Å². The first-order valence-corrected chi connectivity index (χ1v) is 8.29. The summed E-state index contributed by atoms with van der Waals surface area (Å²) in [6.45, 7) is 2.26. The van der Waals surface area contributed by atoms with Crippen molar-refractivity contribution in [1.82, 2.24) is 5.32 Å². The quantitative estimate of drug-likeness (QED) is 0.836. The predicted molar refractivity (Wildman–Crippen MR) is 97.3 cm³/mol. The molecular weight excluding hydrogens is 324 g/mol. The van der Waals surface area contributed by atoms with Gasteiger partial charge in [-0.15, -0.1) is 0 Å². The zero-order valence-electron chi connectivity index (χ0n) is 13.7. The van der Waals surface area contributed by atoms with Crippen molar-refractivity contribution in [2.24, 2.45) is 0 Å². The van der Waals surface area contributed by atoms with Crippen LogP contribution in [0.15, 0.2) is 54.6 Å². The fourth-order valence-electron chi connectivity index (χ4n) is 2.42. The number of para-hydroxylation sites is 1. The molecule has 0 unspecified atom stereocenters. The van der Waals surface area contributed by atoms with Crippen LogP contribution in [0.2, 0.25) is 5.02 Å². The molecular formula is C19H21ClN2O2. The van der Waals surface area contributed by atoms with Crippen LogP contribution in [0.25, 0.3) is 0 Å². The number of carbonyl (C=O) groups is 2. The number of nitrogens with zero attached hydrogens (tertiary/aromatic N) is 1. The standard InChI is InChI=1S/C19H21ClN2O2/c1-15(23)22(18-10-6-5-9-17(18)20)14-13-21-19(24)12-11-16-7-3-2-4-8-16/h2-10H,11-14H2,1H3,(H,21,24). The van der Waals surface area contributed by atoms with E-state index in [0.29, 0.717) is 36.6 Å². The van der Waals surface area contributed by atoms with Gasteiger partial charge < -0.3 is 10.2 Å². The lowest BCUT2D eigenvalue weighted by atomic mass is 10.1. The van der Waals surface area contributed by atoms with Gasteiger partial charge in [0.2, 0.25) is 11.8 Å². The molecule has 24 heavy (non-hydrogen) atoms. The Balaban J connectivity index is 1.81. The molecule has 0 spiro atoms. The Hall–Kier alpha value is -2.33. The Bertz CT molecular complexity index is 689. The van der Waals surface area contributed by atoms with E-state index in [-0.39, 0.29) is 11.8 Å². The lowest BCUT2D eigenvalue weighted by molar-refractivity contribution is -0.121. The molecule has 0 fully saturated rings. The number of hydrogen-bond donors (Lipinski definition) is 1. The van der Waals surface area contributed by atoms with Crippen LogP contribution in [0, 0.1) is 0 Å². The van der Waals surface area contributed by atoms with Gasteiger partial charge in [-0.3, -0.25) is 9.59 Å². The van der Waals surface area contributed by atoms with Crippen molar-refractivity contribution in [2.45, 2.75) is 19.8 Å². The summed E-state index contributed by atoms with van der Waals surface area (Å²) in [5.41, 5.74) is 1.79. The second-order valence-corrected chi connectivity index (χ2v) is 5.86. The number of aryl methyl sites for hydroxylation is 1. The van der Waals surface area contributed by atoms with Crippen molar-refractivity contribution >= 4 is 29.1 Å². The van der Waals surface area contributed by atoms with Crippen LogP contribution < -0.4 is 10.2 Å². The fourth-order valence-corrected chi connectivity index (χ4v) is 2.65. The lowest BCUT2D eigenvalue weighted by Crippen LogP contribution is -2.37. The van der Waals surface area contributed by atoms with Crippen molar-refractivity contribution in [3.63, 3.8) is 0 Å². The Labute approximate surface area is 147 Å². The van der Waals surface area contributed by atoms with Crippen molar-refractivity contribution in [3.8, 4) is 0 Å². The summed E-state index contributed by atoms with van der Waals surface area (Å²) in [6, 6.07) is 17.1. The topological polar surface area (TPSA) is 49.4 Å². The molecule has 2 aromatic carbocycles. The molecule has 0 heterocycles. The monoisotopic (exact) mass is 344 g/mol. The molecule has 0 saturated heterocycles. The zero-order chi connectivity index (χ0) is 17.4. The van der Waals surface area contributed by atoms with Crippen LogP contribution in [-0.4, -0.2) is 24.9 Å². The summed E-state index contributed by atoms with van der Waals surface area (Å²) in [7, 11) is 0. The van der Waals surface area contributed by atoms with Gasteiger partial charge in [-0.1, -0.05) is 54.1 Å². The number of halogens is 1. The molecule has 2 aromatic rings. The smallest absolute Gasteiger partial charge is 0.223 e. The van der Waals surface area contributed by atoms with Crippen LogP contribution in [0.4, 0.5) is 5.69 Å². The highest BCUT2D eigenvalue weighted by atomic mass is 35.5. The molecule has 2 amide bonds. The predicted octanol–water partition coefficient (Wildman–Crippen LogP) is 3.44. The SMILES string of the molecule is CC(=O)N(CCNC(=O)CCc1ccccc1)c1ccccc1Cl. The minimum absolute atomic E-state index is 0.0264. The Morgan fingerprint density at radius 2 is 1.71 bits per heavy atom. The average molecular weight is 345 g/mol. The summed E-state index contributed by atoms with van der Waals surface area (Å²) in [5.74, 6) is -0.136. The first-order valence-electron chi connectivity index (χ1n) is 7.91. The van der Waals surface area contributed by atoms with Crippen molar-refractivity contribution in [3.05, 3.63) is 65.2 Å². The number of anilines is 1. The van der Waals surface area contributed by atoms with Crippen molar-refractivity contribution < 1.29 is 9.59 Å². The number of rotatable bonds is 7. The van der Waals surface area contributed by atoms with Crippen LogP contribution >= 0.6 is 11.6 Å². The van der Waals surface area contributed by atoms with E-state index >= 15 is 0 Å². The van der Waals surface area contributed by atoms with Crippen molar-refractivity contribution in [1.29, 1.82) is 0 Å². The molecule has 1 N–H and O–H groups in total. The summed E-state index contributed by atoms with van der Waals surface area (Å²) >= 11 is 6.14. The molecule has 0 saturated carbocycles. The second kappa shape index (κ2) is 9.08. The van der Waals surface area contributed by atoms with Crippen LogP contribution in [0.1, 0.15) is 18.9 Å². The van der Waals surface area contributed by atoms with Gasteiger partial charge >= 0.3 is 0 Å². The molecule has 0 aliphatic heterocycles. The lowest BCUT2D eigenvalue weighted by Gasteiger charge is -2.22. The number of carbonyl (C=O) groups excluding carboxylic acids is 2. The molecule has 5 heteroatoms. The maximum atomic E-state index is 11.9. The number of nitrogens with one attached hydrogen (secondary N) is 1. The fraction of sp³-hybridized carbons (Fsp3) is 0.263. The second-order valence-electron chi connectivity index (χ2n) is 5.46. The molecule has 4 nitrogen and oxygen atoms in total. The minimum Gasteiger partial charge on any atom is -0.354 e. The largest absolute Gasteiger partial charge is 0.354 e. The number of benzene rings is 2. The van der Waals surface area contributed by atoms with Gasteiger partial charge in [0.25, 0.3) is 0 Å². The van der Waals surface area contributed by atoms with Gasteiger partial charge in [0.1, 0.15) is 0 Å². The highest BCUT2D eigenvalue weighted by molar-refractivity contribution is 6.33. The van der Waals surface area contributed by atoms with Gasteiger partial charge in [0.05, 0.1) is 10.7 Å². The van der Waals surface area contributed by atoms with E-state index in [9.17, 15) is 9.59 Å². The highest BCUT2D eigenvalue weighted by Crippen LogP contribution is 2.24. The Morgan fingerprint density at radius 1 is 1.04 bits per heavy atom. The van der Waals surface area contributed by atoms with Gasteiger partial charge in [-0.05, 0) is 24.1 Å². The summed E-state index contributed by atoms with van der Waals surface area (Å²) < 4.78 is 0. The zero-order valence-corrected chi connectivity index (χ0v) is 14.4. The maximum Gasteiger partial charge on any atom is 0.223 e. The third-order valence-electron chi connectivity index (χ3n) is 3.66. The summed E-state index contributed by atoms with van der Waals surface area (Å²) in [6.07, 6.45) is 1.13. The van der Waals surface area contributed by atoms with Crippen molar-refractivity contribution in [2.75, 3.05) is 18.0 Å². The minimum atomic E-state index is -0.110. The third-order valence-corrected chi connectivity index (χ3v) is 3.98. The molecule has 126 valence electrons. The van der Waals surface area contributed by atoms with E-state index in [1.54, 1.807) is 17.0 Å². The average Bonchev–Trinajstić information content (AvgIpc) is 2.58. The third kappa shape index (κ3) is 5.39. The van der Waals surface area contributed by atoms with E-state index in [1.165, 1.54) is 6.92 Å². The molecule has 0 aromatic heterocycles. The first kappa shape index (κ1) is 18.0. The van der Waals surface area contributed by atoms with E-state index in [0.717, 1.165) is 5.56 Å². The Morgan fingerprint density at radius 3 is 2.38 bits per heavy atom. The molecule has 0 aliphatic carbocycles. The first-order chi connectivity index (χ1) is 11.6. The van der Waals surface area contributed by atoms with Crippen LogP contribution in [0.5, 0.6) is 0 Å². The van der Waals surface area contributed by atoms with Gasteiger partial charge in [0.15, 0.2) is 0 Å². The molecule has 0 aliphatic rings. The molecule has 0 radical (unpaired) electrons. The van der Waals surface area contributed by atoms with E-state index < -0.39 is 0 Å². The van der Waals surface area contributed by atoms with E-state index in [1.807, 2.05) is 42.5 Å². The van der Waals surface area contributed by atoms with Crippen LogP contribution in [0.3, 0.4) is 0 Å². The molecule has 2 rings (SSSR count). The maximum absolute atomic E-state index is 11.9. The van der Waals surface area contributed by atoms with E-state index in [2.05, 4.69) is 5.32 Å². The Kier molecular flexibility index (Phi) is 6.82. The molecule has 0 atom stereocenters. The van der Waals surface area contributed by atoms with Gasteiger partial charge in [0, 0.05) is 26.4 Å². The van der Waals surface area contributed by atoms with Gasteiger partial charge in [-0.25, -0.2) is 0 Å². The summed E-state index contributed by atoms with van der Waals surface area (Å²) in [5, 5.41) is 3.37. The normalized spacial score (nSPS) is 10.2. The molecule has 0 bridgehead atoms. The highest BCUT2D eigenvalue weighted by Gasteiger charge is 2.14. The number of hydrogen-bond acceptors (Lipinski definition) is 2. The number of amides is 2. The van der Waals surface area contributed by atoms with Crippen LogP contribution in [-0.2, 0) is 16.0 Å².